The molecule has 5 heteroatoms. The van der Waals surface area contributed by atoms with Crippen molar-refractivity contribution in [3.63, 3.8) is 0 Å². The lowest BCUT2D eigenvalue weighted by Crippen LogP contribution is -2.48. The van der Waals surface area contributed by atoms with Crippen molar-refractivity contribution in [1.82, 2.24) is 9.47 Å². The van der Waals surface area contributed by atoms with E-state index in [2.05, 4.69) is 0 Å². The smallest absolute Gasteiger partial charge is 0.263 e. The number of halogens is 1. The van der Waals surface area contributed by atoms with E-state index in [9.17, 15) is 9.59 Å². The highest BCUT2D eigenvalue weighted by molar-refractivity contribution is 6.30. The summed E-state index contributed by atoms with van der Waals surface area (Å²) >= 11 is 6.10. The van der Waals surface area contributed by atoms with Crippen molar-refractivity contribution in [1.29, 1.82) is 0 Å². The number of benzene rings is 2. The summed E-state index contributed by atoms with van der Waals surface area (Å²) in [7, 11) is 0. The maximum atomic E-state index is 13.2. The number of hydrogen-bond donors (Lipinski definition) is 0. The van der Waals surface area contributed by atoms with Crippen LogP contribution < -0.4 is 0 Å². The summed E-state index contributed by atoms with van der Waals surface area (Å²) in [6.07, 6.45) is 1.83. The lowest BCUT2D eigenvalue weighted by Gasteiger charge is -2.32. The molecule has 4 nitrogen and oxygen atoms in total. The van der Waals surface area contributed by atoms with Crippen LogP contribution in [-0.2, 0) is 11.3 Å². The van der Waals surface area contributed by atoms with Crippen molar-refractivity contribution >= 4 is 34.3 Å². The standard InChI is InChI=1S/C22H23ClN2O2/c1-15(26)25(22(2,3)4)21(27)19-14-24(20-11-6-5-10-18(19)20)13-16-8-7-9-17(23)12-16/h5-12,14H,13H2,1-4H3. The third-order valence-corrected chi connectivity index (χ3v) is 4.68. The molecule has 0 spiro atoms. The van der Waals surface area contributed by atoms with Gasteiger partial charge in [0.1, 0.15) is 0 Å². The van der Waals surface area contributed by atoms with Crippen molar-refractivity contribution in [2.75, 3.05) is 0 Å². The van der Waals surface area contributed by atoms with Crippen molar-refractivity contribution < 1.29 is 9.59 Å². The van der Waals surface area contributed by atoms with Crippen LogP contribution in [0.15, 0.2) is 54.7 Å². The number of carbonyl (C=O) groups excluding carboxylic acids is 2. The number of nitrogens with zero attached hydrogens (tertiary/aromatic N) is 2. The summed E-state index contributed by atoms with van der Waals surface area (Å²) in [5, 5.41) is 1.51. The molecule has 1 heterocycles. The van der Waals surface area contributed by atoms with Crippen molar-refractivity contribution in [2.45, 2.75) is 39.8 Å². The van der Waals surface area contributed by atoms with Crippen LogP contribution in [0.1, 0.15) is 43.6 Å². The van der Waals surface area contributed by atoms with Crippen molar-refractivity contribution in [3.05, 3.63) is 70.9 Å². The van der Waals surface area contributed by atoms with Crippen molar-refractivity contribution in [3.8, 4) is 0 Å². The second-order valence-electron chi connectivity index (χ2n) is 7.65. The molecule has 0 aliphatic rings. The summed E-state index contributed by atoms with van der Waals surface area (Å²) in [4.78, 5) is 26.7. The molecular weight excluding hydrogens is 360 g/mol. The van der Waals surface area contributed by atoms with E-state index in [0.717, 1.165) is 16.5 Å². The van der Waals surface area contributed by atoms with Crippen LogP contribution in [0.2, 0.25) is 5.02 Å². The third-order valence-electron chi connectivity index (χ3n) is 4.45. The molecule has 3 aromatic rings. The fourth-order valence-electron chi connectivity index (χ4n) is 3.42. The molecule has 0 bridgehead atoms. The monoisotopic (exact) mass is 382 g/mol. The summed E-state index contributed by atoms with van der Waals surface area (Å²) in [6.45, 7) is 7.59. The number of fused-ring (bicyclic) bond motifs is 1. The first kappa shape index (κ1) is 19.2. The maximum absolute atomic E-state index is 13.2. The van der Waals surface area contributed by atoms with Crippen LogP contribution in [0.4, 0.5) is 0 Å². The quantitative estimate of drug-likeness (QED) is 0.630. The average molecular weight is 383 g/mol. The number of carbonyl (C=O) groups is 2. The zero-order valence-corrected chi connectivity index (χ0v) is 16.7. The Kier molecular flexibility index (Phi) is 5.11. The first-order valence-corrected chi connectivity index (χ1v) is 9.23. The Morgan fingerprint density at radius 1 is 1.07 bits per heavy atom. The zero-order chi connectivity index (χ0) is 19.8. The van der Waals surface area contributed by atoms with E-state index in [1.807, 2.05) is 80.1 Å². The molecule has 1 aromatic heterocycles. The summed E-state index contributed by atoms with van der Waals surface area (Å²) in [5.74, 6) is -0.546. The van der Waals surface area contributed by atoms with Gasteiger partial charge in [0.2, 0.25) is 5.91 Å². The van der Waals surface area contributed by atoms with Gasteiger partial charge in [0.15, 0.2) is 0 Å². The lowest BCUT2D eigenvalue weighted by molar-refractivity contribution is -0.129. The topological polar surface area (TPSA) is 42.3 Å². The fourth-order valence-corrected chi connectivity index (χ4v) is 3.63. The van der Waals surface area contributed by atoms with Crippen LogP contribution in [0, 0.1) is 0 Å². The largest absolute Gasteiger partial charge is 0.342 e. The Morgan fingerprint density at radius 2 is 1.78 bits per heavy atom. The lowest BCUT2D eigenvalue weighted by atomic mass is 10.0. The van der Waals surface area contributed by atoms with E-state index in [4.69, 9.17) is 11.6 Å². The third kappa shape index (κ3) is 3.91. The Balaban J connectivity index is 2.09. The van der Waals surface area contributed by atoms with E-state index in [-0.39, 0.29) is 11.8 Å². The Hall–Kier alpha value is -2.59. The number of amides is 2. The van der Waals surface area contributed by atoms with Crippen LogP contribution in [0.25, 0.3) is 10.9 Å². The highest BCUT2D eigenvalue weighted by atomic mass is 35.5. The molecule has 0 unspecified atom stereocenters. The molecule has 0 aliphatic heterocycles. The van der Waals surface area contributed by atoms with Gasteiger partial charge in [-0.1, -0.05) is 41.9 Å². The highest BCUT2D eigenvalue weighted by Crippen LogP contribution is 2.27. The minimum absolute atomic E-state index is 0.265. The van der Waals surface area contributed by atoms with Gasteiger partial charge in [-0.15, -0.1) is 0 Å². The SMILES string of the molecule is CC(=O)N(C(=O)c1cn(Cc2cccc(Cl)c2)c2ccccc12)C(C)(C)C. The van der Waals surface area contributed by atoms with Crippen LogP contribution >= 0.6 is 11.6 Å². The van der Waals surface area contributed by atoms with Crippen molar-refractivity contribution in [2.24, 2.45) is 0 Å². The summed E-state index contributed by atoms with van der Waals surface area (Å²) in [6, 6.07) is 15.4. The van der Waals surface area contributed by atoms with Gasteiger partial charge in [-0.2, -0.15) is 0 Å². The zero-order valence-electron chi connectivity index (χ0n) is 16.0. The fraction of sp³-hybridized carbons (Fsp3) is 0.273. The van der Waals surface area contributed by atoms with Crippen LogP contribution in [0.5, 0.6) is 0 Å². The molecule has 3 rings (SSSR count). The van der Waals surface area contributed by atoms with Gasteiger partial charge in [-0.05, 0) is 44.5 Å². The number of para-hydroxylation sites is 1. The molecule has 27 heavy (non-hydrogen) atoms. The predicted molar refractivity (Wildman–Crippen MR) is 109 cm³/mol. The minimum Gasteiger partial charge on any atom is -0.342 e. The molecule has 2 aromatic carbocycles. The Labute approximate surface area is 164 Å². The van der Waals surface area contributed by atoms with Gasteiger partial charge in [0, 0.05) is 41.1 Å². The molecule has 0 N–H and O–H groups in total. The Bertz CT molecular complexity index is 1010. The predicted octanol–water partition coefficient (Wildman–Crippen LogP) is 5.13. The number of imide groups is 1. The minimum atomic E-state index is -0.598. The van der Waals surface area contributed by atoms with Gasteiger partial charge in [-0.25, -0.2) is 0 Å². The van der Waals surface area contributed by atoms with Gasteiger partial charge in [0.25, 0.3) is 5.91 Å². The van der Waals surface area contributed by atoms with Gasteiger partial charge in [-0.3, -0.25) is 14.5 Å². The maximum Gasteiger partial charge on any atom is 0.263 e. The normalized spacial score (nSPS) is 11.6. The van der Waals surface area contributed by atoms with Crippen LogP contribution in [-0.4, -0.2) is 26.8 Å². The van der Waals surface area contributed by atoms with Gasteiger partial charge < -0.3 is 4.57 Å². The molecule has 0 radical (unpaired) electrons. The number of aromatic nitrogens is 1. The molecular formula is C22H23ClN2O2. The molecule has 2 amide bonds. The molecule has 0 saturated carbocycles. The molecule has 0 saturated heterocycles. The Morgan fingerprint density at radius 3 is 2.41 bits per heavy atom. The highest BCUT2D eigenvalue weighted by Gasteiger charge is 2.32. The van der Waals surface area contributed by atoms with E-state index >= 15 is 0 Å². The molecule has 0 fully saturated rings. The average Bonchev–Trinajstić information content (AvgIpc) is 2.92. The van der Waals surface area contributed by atoms with E-state index in [1.165, 1.54) is 11.8 Å². The number of rotatable bonds is 3. The second-order valence-corrected chi connectivity index (χ2v) is 8.08. The van der Waals surface area contributed by atoms with Gasteiger partial charge in [0.05, 0.1) is 5.56 Å². The van der Waals surface area contributed by atoms with E-state index in [1.54, 1.807) is 0 Å². The summed E-state index contributed by atoms with van der Waals surface area (Å²) < 4.78 is 2.02. The van der Waals surface area contributed by atoms with Crippen LogP contribution in [0.3, 0.4) is 0 Å². The number of hydrogen-bond acceptors (Lipinski definition) is 2. The summed E-state index contributed by atoms with van der Waals surface area (Å²) in [5.41, 5.74) is 1.91. The van der Waals surface area contributed by atoms with Gasteiger partial charge >= 0.3 is 0 Å². The first-order valence-electron chi connectivity index (χ1n) is 8.86. The van der Waals surface area contributed by atoms with E-state index < -0.39 is 5.54 Å². The second kappa shape index (κ2) is 7.20. The molecule has 0 aliphatic carbocycles. The first-order chi connectivity index (χ1) is 12.7. The van der Waals surface area contributed by atoms with E-state index in [0.29, 0.717) is 17.1 Å². The molecule has 140 valence electrons. The molecule has 0 atom stereocenters.